The van der Waals surface area contributed by atoms with E-state index in [1.165, 1.54) is 6.07 Å². The summed E-state index contributed by atoms with van der Waals surface area (Å²) < 4.78 is 18.2. The predicted octanol–water partition coefficient (Wildman–Crippen LogP) is 0.753. The first-order valence-corrected chi connectivity index (χ1v) is 6.53. The number of aromatic nitrogens is 2. The van der Waals surface area contributed by atoms with Crippen molar-refractivity contribution >= 4 is 17.4 Å². The van der Waals surface area contributed by atoms with Crippen LogP contribution in [0.25, 0.3) is 0 Å². The van der Waals surface area contributed by atoms with Gasteiger partial charge in [0.05, 0.1) is 5.69 Å². The third-order valence-corrected chi connectivity index (χ3v) is 3.48. The molecule has 110 valence electrons. The number of hydrogen-bond acceptors (Lipinski definition) is 6. The molecule has 1 aromatic carbocycles. The number of hydrogen-bond donors (Lipinski definition) is 1. The maximum Gasteiger partial charge on any atom is 0.280 e. The molecule has 1 saturated heterocycles. The molecule has 0 bridgehead atoms. The highest BCUT2D eigenvalue weighted by Gasteiger charge is 2.27. The van der Waals surface area contributed by atoms with Crippen LogP contribution in [0.5, 0.6) is 0 Å². The number of piperazine rings is 1. The summed E-state index contributed by atoms with van der Waals surface area (Å²) in [6, 6.07) is 6.59. The van der Waals surface area contributed by atoms with E-state index in [1.54, 1.807) is 23.1 Å². The average Bonchev–Trinajstić information content (AvgIpc) is 2.93. The number of nitrogens with two attached hydrogens (primary N) is 1. The lowest BCUT2D eigenvalue weighted by atomic mass is 10.2. The van der Waals surface area contributed by atoms with Gasteiger partial charge in [0.2, 0.25) is 11.5 Å². The van der Waals surface area contributed by atoms with E-state index in [0.29, 0.717) is 31.9 Å². The number of nitrogen functional groups attached to an aromatic ring is 1. The number of carbonyl (C=O) groups excluding carboxylic acids is 1. The largest absolute Gasteiger partial charge is 0.379 e. The molecule has 0 spiro atoms. The van der Waals surface area contributed by atoms with Crippen LogP contribution in [0.4, 0.5) is 15.9 Å². The molecular formula is C13H14FN5O2. The average molecular weight is 291 g/mol. The number of anilines is 2. The first-order chi connectivity index (χ1) is 10.2. The molecule has 0 saturated carbocycles. The lowest BCUT2D eigenvalue weighted by Gasteiger charge is -2.35. The van der Waals surface area contributed by atoms with Crippen molar-refractivity contribution in [1.82, 2.24) is 15.2 Å². The molecule has 1 aromatic heterocycles. The van der Waals surface area contributed by atoms with Crippen LogP contribution < -0.4 is 10.6 Å². The summed E-state index contributed by atoms with van der Waals surface area (Å²) in [5, 5.41) is 6.90. The minimum atomic E-state index is -0.318. The van der Waals surface area contributed by atoms with E-state index >= 15 is 0 Å². The molecule has 1 aliphatic heterocycles. The SMILES string of the molecule is Nc1nonc1C(=O)N1CCN(c2ccccc2F)CC1. The molecule has 1 aliphatic rings. The van der Waals surface area contributed by atoms with Gasteiger partial charge in [0.1, 0.15) is 5.82 Å². The van der Waals surface area contributed by atoms with Crippen LogP contribution in [0.15, 0.2) is 28.9 Å². The van der Waals surface area contributed by atoms with Crippen molar-refractivity contribution in [2.24, 2.45) is 0 Å². The predicted molar refractivity (Wildman–Crippen MR) is 73.2 cm³/mol. The Balaban J connectivity index is 1.67. The Morgan fingerprint density at radius 1 is 1.19 bits per heavy atom. The van der Waals surface area contributed by atoms with Crippen LogP contribution in [-0.4, -0.2) is 47.3 Å². The Hall–Kier alpha value is -2.64. The fourth-order valence-corrected chi connectivity index (χ4v) is 2.35. The van der Waals surface area contributed by atoms with Gasteiger partial charge >= 0.3 is 0 Å². The molecule has 21 heavy (non-hydrogen) atoms. The summed E-state index contributed by atoms with van der Waals surface area (Å²) in [5.74, 6) is -0.597. The van der Waals surface area contributed by atoms with Crippen molar-refractivity contribution in [3.05, 3.63) is 35.8 Å². The number of carbonyl (C=O) groups is 1. The van der Waals surface area contributed by atoms with Gasteiger partial charge in [0, 0.05) is 26.2 Å². The van der Waals surface area contributed by atoms with Crippen LogP contribution in [0.2, 0.25) is 0 Å². The van der Waals surface area contributed by atoms with E-state index in [0.717, 1.165) is 0 Å². The Bertz CT molecular complexity index is 652. The van der Waals surface area contributed by atoms with E-state index in [2.05, 4.69) is 14.9 Å². The lowest BCUT2D eigenvalue weighted by Crippen LogP contribution is -2.49. The van der Waals surface area contributed by atoms with Crippen LogP contribution in [0, 0.1) is 5.82 Å². The first-order valence-electron chi connectivity index (χ1n) is 6.53. The normalized spacial score (nSPS) is 15.3. The molecule has 1 fully saturated rings. The molecule has 7 nitrogen and oxygen atoms in total. The number of amides is 1. The zero-order valence-electron chi connectivity index (χ0n) is 11.2. The molecule has 2 heterocycles. The number of halogens is 1. The Morgan fingerprint density at radius 3 is 2.52 bits per heavy atom. The zero-order valence-corrected chi connectivity index (χ0v) is 11.2. The van der Waals surface area contributed by atoms with Crippen molar-refractivity contribution in [3.63, 3.8) is 0 Å². The van der Waals surface area contributed by atoms with Crippen molar-refractivity contribution in [2.75, 3.05) is 36.8 Å². The van der Waals surface area contributed by atoms with Gasteiger partial charge in [-0.1, -0.05) is 12.1 Å². The second kappa shape index (κ2) is 5.39. The van der Waals surface area contributed by atoms with Gasteiger partial charge in [-0.15, -0.1) is 0 Å². The van der Waals surface area contributed by atoms with Gasteiger partial charge < -0.3 is 15.5 Å². The molecular weight excluding hydrogens is 277 g/mol. The number of benzene rings is 1. The van der Waals surface area contributed by atoms with Crippen LogP contribution in [-0.2, 0) is 0 Å². The van der Waals surface area contributed by atoms with E-state index in [9.17, 15) is 9.18 Å². The fraction of sp³-hybridized carbons (Fsp3) is 0.308. The molecule has 0 atom stereocenters. The fourth-order valence-electron chi connectivity index (χ4n) is 2.35. The molecule has 8 heteroatoms. The van der Waals surface area contributed by atoms with Crippen molar-refractivity contribution < 1.29 is 13.8 Å². The molecule has 3 rings (SSSR count). The summed E-state index contributed by atoms with van der Waals surface area (Å²) in [6.07, 6.45) is 0. The maximum atomic E-state index is 13.7. The molecule has 2 aromatic rings. The van der Waals surface area contributed by atoms with E-state index in [1.807, 2.05) is 4.90 Å². The first kappa shape index (κ1) is 13.3. The summed E-state index contributed by atoms with van der Waals surface area (Å²) in [6.45, 7) is 1.99. The lowest BCUT2D eigenvalue weighted by molar-refractivity contribution is 0.0736. The summed E-state index contributed by atoms with van der Waals surface area (Å²) in [4.78, 5) is 15.7. The molecule has 2 N–H and O–H groups in total. The second-order valence-electron chi connectivity index (χ2n) is 4.73. The van der Waals surface area contributed by atoms with E-state index < -0.39 is 0 Å². The van der Waals surface area contributed by atoms with Crippen molar-refractivity contribution in [1.29, 1.82) is 0 Å². The second-order valence-corrected chi connectivity index (χ2v) is 4.73. The highest BCUT2D eigenvalue weighted by atomic mass is 19.1. The van der Waals surface area contributed by atoms with Gasteiger partial charge in [-0.3, -0.25) is 4.79 Å². The van der Waals surface area contributed by atoms with Crippen LogP contribution in [0.1, 0.15) is 10.5 Å². The topological polar surface area (TPSA) is 88.5 Å². The van der Waals surface area contributed by atoms with Gasteiger partial charge in [-0.25, -0.2) is 9.02 Å². The minimum Gasteiger partial charge on any atom is -0.379 e. The highest BCUT2D eigenvalue weighted by Crippen LogP contribution is 2.21. The molecule has 0 radical (unpaired) electrons. The third-order valence-electron chi connectivity index (χ3n) is 3.48. The van der Waals surface area contributed by atoms with E-state index in [-0.39, 0.29) is 23.2 Å². The molecule has 0 aliphatic carbocycles. The Kier molecular flexibility index (Phi) is 3.43. The van der Waals surface area contributed by atoms with E-state index in [4.69, 9.17) is 5.73 Å². The number of rotatable bonds is 2. The van der Waals surface area contributed by atoms with Crippen LogP contribution in [0.3, 0.4) is 0 Å². The monoisotopic (exact) mass is 291 g/mol. The Morgan fingerprint density at radius 2 is 1.90 bits per heavy atom. The Labute approximate surface area is 120 Å². The van der Waals surface area contributed by atoms with Gasteiger partial charge in [-0.05, 0) is 22.4 Å². The number of nitrogens with zero attached hydrogens (tertiary/aromatic N) is 4. The summed E-state index contributed by atoms with van der Waals surface area (Å²) in [5.41, 5.74) is 6.08. The molecule has 0 unspecified atom stereocenters. The van der Waals surface area contributed by atoms with Gasteiger partial charge in [0.15, 0.2) is 0 Å². The minimum absolute atomic E-state index is 0.0171. The van der Waals surface area contributed by atoms with Gasteiger partial charge in [0.25, 0.3) is 5.91 Å². The van der Waals surface area contributed by atoms with Gasteiger partial charge in [-0.2, -0.15) is 0 Å². The highest BCUT2D eigenvalue weighted by molar-refractivity contribution is 5.96. The standard InChI is InChI=1S/C13H14FN5O2/c14-9-3-1-2-4-10(9)18-5-7-19(8-6-18)13(20)11-12(15)17-21-16-11/h1-4H,5-8H2,(H2,15,17). The summed E-state index contributed by atoms with van der Waals surface area (Å²) in [7, 11) is 0. The maximum absolute atomic E-state index is 13.7. The van der Waals surface area contributed by atoms with Crippen molar-refractivity contribution in [3.8, 4) is 0 Å². The number of para-hydroxylation sites is 1. The molecule has 1 amide bonds. The smallest absolute Gasteiger partial charge is 0.280 e. The van der Waals surface area contributed by atoms with Crippen molar-refractivity contribution in [2.45, 2.75) is 0 Å². The summed E-state index contributed by atoms with van der Waals surface area (Å²) >= 11 is 0. The van der Waals surface area contributed by atoms with Crippen LogP contribution >= 0.6 is 0 Å². The third kappa shape index (κ3) is 2.51. The quantitative estimate of drug-likeness (QED) is 0.878. The zero-order chi connectivity index (χ0) is 14.8.